The highest BCUT2D eigenvalue weighted by Crippen LogP contribution is 2.17. The second kappa shape index (κ2) is 14.0. The topological polar surface area (TPSA) is 62.2 Å². The molecule has 0 saturated heterocycles. The minimum atomic E-state index is -0.750. The Morgan fingerprint density at radius 2 is 1.31 bits per heavy atom. The normalized spacial score (nSPS) is 13.6. The van der Waals surface area contributed by atoms with Crippen LogP contribution in [0.1, 0.15) is 57.9 Å². The van der Waals surface area contributed by atoms with Gasteiger partial charge in [-0.2, -0.15) is 0 Å². The SMILES string of the molecule is CCCCOC(O)CCN(CCC(O)OCCCC)c1ccc(C)cc1. The molecule has 150 valence electrons. The van der Waals surface area contributed by atoms with Gasteiger partial charge >= 0.3 is 0 Å². The van der Waals surface area contributed by atoms with Crippen LogP contribution in [0.2, 0.25) is 0 Å². The maximum atomic E-state index is 10.0. The third kappa shape index (κ3) is 10.1. The zero-order valence-electron chi connectivity index (χ0n) is 16.7. The minimum Gasteiger partial charge on any atom is -0.371 e. The van der Waals surface area contributed by atoms with Crippen LogP contribution < -0.4 is 4.90 Å². The molecule has 0 aliphatic rings. The molecule has 1 rings (SSSR count). The van der Waals surface area contributed by atoms with Gasteiger partial charge in [-0.3, -0.25) is 0 Å². The van der Waals surface area contributed by atoms with E-state index in [-0.39, 0.29) is 0 Å². The minimum absolute atomic E-state index is 0.532. The number of hydrogen-bond donors (Lipinski definition) is 2. The van der Waals surface area contributed by atoms with Crippen molar-refractivity contribution in [3.8, 4) is 0 Å². The molecular weight excluding hydrogens is 330 g/mol. The summed E-state index contributed by atoms with van der Waals surface area (Å²) in [5, 5.41) is 20.0. The molecule has 0 heterocycles. The van der Waals surface area contributed by atoms with E-state index in [2.05, 4.69) is 49.9 Å². The molecule has 5 heteroatoms. The van der Waals surface area contributed by atoms with Crippen molar-refractivity contribution < 1.29 is 19.7 Å². The molecule has 5 nitrogen and oxygen atoms in total. The molecule has 0 bridgehead atoms. The fraction of sp³-hybridized carbons (Fsp3) is 0.714. The van der Waals surface area contributed by atoms with Crippen molar-refractivity contribution in [1.82, 2.24) is 0 Å². The van der Waals surface area contributed by atoms with Gasteiger partial charge in [-0.1, -0.05) is 44.4 Å². The van der Waals surface area contributed by atoms with Crippen molar-refractivity contribution >= 4 is 5.69 Å². The number of aliphatic hydroxyl groups is 2. The number of hydrogen-bond acceptors (Lipinski definition) is 5. The lowest BCUT2D eigenvalue weighted by atomic mass is 10.2. The van der Waals surface area contributed by atoms with Gasteiger partial charge in [-0.05, 0) is 31.9 Å². The average Bonchev–Trinajstić information content (AvgIpc) is 2.63. The Labute approximate surface area is 158 Å². The summed E-state index contributed by atoms with van der Waals surface area (Å²) < 4.78 is 10.9. The van der Waals surface area contributed by atoms with Gasteiger partial charge in [0.1, 0.15) is 0 Å². The van der Waals surface area contributed by atoms with E-state index in [1.165, 1.54) is 5.56 Å². The largest absolute Gasteiger partial charge is 0.371 e. The van der Waals surface area contributed by atoms with Crippen LogP contribution in [-0.4, -0.2) is 49.1 Å². The third-order valence-electron chi connectivity index (χ3n) is 4.31. The molecule has 0 aromatic heterocycles. The summed E-state index contributed by atoms with van der Waals surface area (Å²) in [5.74, 6) is 0. The van der Waals surface area contributed by atoms with Crippen molar-refractivity contribution in [1.29, 1.82) is 0 Å². The monoisotopic (exact) mass is 367 g/mol. The highest BCUT2D eigenvalue weighted by Gasteiger charge is 2.13. The second-order valence-electron chi connectivity index (χ2n) is 6.76. The molecule has 0 radical (unpaired) electrons. The number of anilines is 1. The Kier molecular flexibility index (Phi) is 12.3. The number of aliphatic hydroxyl groups excluding tert-OH is 2. The van der Waals surface area contributed by atoms with Crippen LogP contribution in [0.15, 0.2) is 24.3 Å². The van der Waals surface area contributed by atoms with E-state index in [0.717, 1.165) is 31.4 Å². The van der Waals surface area contributed by atoms with Crippen LogP contribution in [0.4, 0.5) is 5.69 Å². The molecule has 26 heavy (non-hydrogen) atoms. The van der Waals surface area contributed by atoms with Crippen molar-refractivity contribution in [2.24, 2.45) is 0 Å². The van der Waals surface area contributed by atoms with Crippen molar-refractivity contribution in [2.45, 2.75) is 71.9 Å². The van der Waals surface area contributed by atoms with E-state index in [4.69, 9.17) is 9.47 Å². The van der Waals surface area contributed by atoms with Gasteiger partial charge in [-0.25, -0.2) is 0 Å². The maximum Gasteiger partial charge on any atom is 0.156 e. The Hall–Kier alpha value is -1.14. The van der Waals surface area contributed by atoms with Crippen LogP contribution in [0.3, 0.4) is 0 Å². The molecule has 0 amide bonds. The first kappa shape index (κ1) is 22.9. The number of rotatable bonds is 15. The first-order valence-corrected chi connectivity index (χ1v) is 9.97. The van der Waals surface area contributed by atoms with E-state index < -0.39 is 12.6 Å². The van der Waals surface area contributed by atoms with Crippen LogP contribution in [0, 0.1) is 6.92 Å². The summed E-state index contributed by atoms with van der Waals surface area (Å²) >= 11 is 0. The predicted molar refractivity (Wildman–Crippen MR) is 106 cm³/mol. The van der Waals surface area contributed by atoms with Crippen LogP contribution in [0.5, 0.6) is 0 Å². The van der Waals surface area contributed by atoms with Gasteiger partial charge in [0.2, 0.25) is 0 Å². The summed E-state index contributed by atoms with van der Waals surface area (Å²) in [4.78, 5) is 2.16. The third-order valence-corrected chi connectivity index (χ3v) is 4.31. The summed E-state index contributed by atoms with van der Waals surface area (Å²) in [5.41, 5.74) is 2.29. The Balaban J connectivity index is 2.52. The maximum absolute atomic E-state index is 10.0. The van der Waals surface area contributed by atoms with Gasteiger partial charge in [0, 0.05) is 44.8 Å². The molecule has 0 spiro atoms. The first-order valence-electron chi connectivity index (χ1n) is 9.97. The first-order chi connectivity index (χ1) is 12.6. The fourth-order valence-corrected chi connectivity index (χ4v) is 2.55. The van der Waals surface area contributed by atoms with Crippen LogP contribution >= 0.6 is 0 Å². The highest BCUT2D eigenvalue weighted by molar-refractivity contribution is 5.47. The molecule has 2 unspecified atom stereocenters. The molecule has 1 aromatic rings. The van der Waals surface area contributed by atoms with E-state index >= 15 is 0 Å². The lowest BCUT2D eigenvalue weighted by molar-refractivity contribution is -0.104. The van der Waals surface area contributed by atoms with E-state index in [1.807, 2.05) is 0 Å². The molecule has 0 aliphatic heterocycles. The molecule has 2 N–H and O–H groups in total. The van der Waals surface area contributed by atoms with Gasteiger partial charge in [0.15, 0.2) is 12.6 Å². The number of aryl methyl sites for hydroxylation is 1. The lowest BCUT2D eigenvalue weighted by Crippen LogP contribution is -2.31. The Morgan fingerprint density at radius 1 is 0.846 bits per heavy atom. The van der Waals surface area contributed by atoms with Gasteiger partial charge in [0.05, 0.1) is 0 Å². The van der Waals surface area contributed by atoms with Crippen molar-refractivity contribution in [2.75, 3.05) is 31.2 Å². The van der Waals surface area contributed by atoms with Crippen molar-refractivity contribution in [3.05, 3.63) is 29.8 Å². The summed E-state index contributed by atoms with van der Waals surface area (Å²) in [6, 6.07) is 8.29. The quantitative estimate of drug-likeness (QED) is 0.364. The average molecular weight is 368 g/mol. The zero-order valence-corrected chi connectivity index (χ0v) is 16.7. The number of nitrogens with zero attached hydrogens (tertiary/aromatic N) is 1. The lowest BCUT2D eigenvalue weighted by Gasteiger charge is -2.27. The number of unbranched alkanes of at least 4 members (excludes halogenated alkanes) is 2. The molecule has 2 atom stereocenters. The van der Waals surface area contributed by atoms with Crippen LogP contribution in [0.25, 0.3) is 0 Å². The van der Waals surface area contributed by atoms with Crippen LogP contribution in [-0.2, 0) is 9.47 Å². The smallest absolute Gasteiger partial charge is 0.156 e. The number of benzene rings is 1. The van der Waals surface area contributed by atoms with Crippen molar-refractivity contribution in [3.63, 3.8) is 0 Å². The summed E-state index contributed by atoms with van der Waals surface area (Å²) in [6.07, 6.45) is 3.59. The van der Waals surface area contributed by atoms with E-state index in [1.54, 1.807) is 0 Å². The van der Waals surface area contributed by atoms with Gasteiger partial charge in [-0.15, -0.1) is 0 Å². The second-order valence-corrected chi connectivity index (χ2v) is 6.76. The van der Waals surface area contributed by atoms with E-state index in [9.17, 15) is 10.2 Å². The fourth-order valence-electron chi connectivity index (χ4n) is 2.55. The Bertz CT molecular complexity index is 432. The van der Waals surface area contributed by atoms with Gasteiger partial charge < -0.3 is 24.6 Å². The Morgan fingerprint density at radius 3 is 1.73 bits per heavy atom. The molecule has 0 aliphatic carbocycles. The summed E-state index contributed by atoms with van der Waals surface area (Å²) in [6.45, 7) is 8.77. The molecule has 1 aromatic carbocycles. The molecule has 0 saturated carbocycles. The molecular formula is C21H37NO4. The molecule has 0 fully saturated rings. The predicted octanol–water partition coefficient (Wildman–Crippen LogP) is 3.85. The highest BCUT2D eigenvalue weighted by atomic mass is 16.6. The van der Waals surface area contributed by atoms with E-state index in [0.29, 0.717) is 39.1 Å². The number of ether oxygens (including phenoxy) is 2. The standard InChI is InChI=1S/C21H37NO4/c1-4-6-16-25-20(23)12-14-22(19-10-8-18(3)9-11-19)15-13-21(24)26-17-7-5-2/h8-11,20-21,23-24H,4-7,12-17H2,1-3H3. The summed E-state index contributed by atoms with van der Waals surface area (Å²) in [7, 11) is 0. The van der Waals surface area contributed by atoms with Gasteiger partial charge in [0.25, 0.3) is 0 Å². The zero-order chi connectivity index (χ0) is 19.2.